The Morgan fingerprint density at radius 1 is 1.18 bits per heavy atom. The molecule has 2 aromatic rings. The average molecular weight is 381 g/mol. The second kappa shape index (κ2) is 9.24. The molecule has 1 heterocycles. The summed E-state index contributed by atoms with van der Waals surface area (Å²) in [6, 6.07) is 14.1. The molecule has 1 aliphatic heterocycles. The molecule has 1 fully saturated rings. The van der Waals surface area contributed by atoms with Crippen LogP contribution in [0.25, 0.3) is 0 Å². The van der Waals surface area contributed by atoms with Crippen LogP contribution >= 0.6 is 0 Å². The van der Waals surface area contributed by atoms with Crippen LogP contribution in [0, 0.1) is 19.8 Å². The summed E-state index contributed by atoms with van der Waals surface area (Å²) in [5, 5.41) is 3.12. The molecule has 1 N–H and O–H groups in total. The Morgan fingerprint density at radius 2 is 1.93 bits per heavy atom. The number of nitrogens with zero attached hydrogens (tertiary/aromatic N) is 1. The van der Waals surface area contributed by atoms with Crippen LogP contribution in [0.1, 0.15) is 52.9 Å². The van der Waals surface area contributed by atoms with E-state index in [0.29, 0.717) is 12.0 Å². The molecule has 1 amide bonds. The summed E-state index contributed by atoms with van der Waals surface area (Å²) in [4.78, 5) is 14.9. The molecule has 0 saturated carbocycles. The standard InChI is InChI=1S/C24H32N2O2/c1-17-18(2)23(28-4)13-12-22(17)19(3)26-14-8-9-20(16-26)15-25-24(27)21-10-6-5-7-11-21/h5-7,10-13,19-20H,8-9,14-16H2,1-4H3,(H,25,27). The van der Waals surface area contributed by atoms with Gasteiger partial charge >= 0.3 is 0 Å². The van der Waals surface area contributed by atoms with E-state index in [2.05, 4.69) is 43.1 Å². The number of methoxy groups -OCH3 is 1. The number of hydrogen-bond acceptors (Lipinski definition) is 3. The maximum atomic E-state index is 12.3. The number of hydrogen-bond donors (Lipinski definition) is 1. The summed E-state index contributed by atoms with van der Waals surface area (Å²) in [6.07, 6.45) is 2.34. The first-order chi connectivity index (χ1) is 13.5. The van der Waals surface area contributed by atoms with Gasteiger partial charge in [-0.05, 0) is 81.0 Å². The number of benzene rings is 2. The monoisotopic (exact) mass is 380 g/mol. The number of carbonyl (C=O) groups excluding carboxylic acids is 1. The first-order valence-corrected chi connectivity index (χ1v) is 10.2. The molecule has 0 radical (unpaired) electrons. The lowest BCUT2D eigenvalue weighted by atomic mass is 9.92. The summed E-state index contributed by atoms with van der Waals surface area (Å²) in [6.45, 7) is 9.46. The van der Waals surface area contributed by atoms with E-state index in [1.54, 1.807) is 7.11 Å². The first kappa shape index (κ1) is 20.4. The maximum Gasteiger partial charge on any atom is 0.251 e. The van der Waals surface area contributed by atoms with Gasteiger partial charge in [0, 0.05) is 24.7 Å². The van der Waals surface area contributed by atoms with Crippen LogP contribution < -0.4 is 10.1 Å². The molecule has 1 saturated heterocycles. The number of carbonyl (C=O) groups is 1. The van der Waals surface area contributed by atoms with Crippen LogP contribution in [-0.4, -0.2) is 37.6 Å². The van der Waals surface area contributed by atoms with Crippen molar-refractivity contribution >= 4 is 5.91 Å². The van der Waals surface area contributed by atoms with Gasteiger partial charge in [0.1, 0.15) is 5.75 Å². The van der Waals surface area contributed by atoms with Crippen LogP contribution in [0.5, 0.6) is 5.75 Å². The molecule has 0 bridgehead atoms. The fourth-order valence-electron chi connectivity index (χ4n) is 4.23. The fourth-order valence-corrected chi connectivity index (χ4v) is 4.23. The Bertz CT molecular complexity index is 804. The third-order valence-corrected chi connectivity index (χ3v) is 6.13. The van der Waals surface area contributed by atoms with Gasteiger partial charge in [-0.25, -0.2) is 0 Å². The molecule has 4 nitrogen and oxygen atoms in total. The topological polar surface area (TPSA) is 41.6 Å². The molecule has 2 aromatic carbocycles. The number of ether oxygens (including phenoxy) is 1. The summed E-state index contributed by atoms with van der Waals surface area (Å²) >= 11 is 0. The molecule has 2 unspecified atom stereocenters. The highest BCUT2D eigenvalue weighted by atomic mass is 16.5. The van der Waals surface area contributed by atoms with Gasteiger partial charge in [-0.3, -0.25) is 9.69 Å². The normalized spacial score (nSPS) is 18.5. The van der Waals surface area contributed by atoms with E-state index < -0.39 is 0 Å². The third kappa shape index (κ3) is 4.56. The van der Waals surface area contributed by atoms with Crippen molar-refractivity contribution in [3.05, 3.63) is 64.7 Å². The van der Waals surface area contributed by atoms with Gasteiger partial charge in [-0.15, -0.1) is 0 Å². The quantitative estimate of drug-likeness (QED) is 0.801. The van der Waals surface area contributed by atoms with E-state index in [-0.39, 0.29) is 5.91 Å². The molecule has 2 atom stereocenters. The van der Waals surface area contributed by atoms with E-state index in [4.69, 9.17) is 4.74 Å². The lowest BCUT2D eigenvalue weighted by molar-refractivity contribution is 0.0917. The van der Waals surface area contributed by atoms with Crippen molar-refractivity contribution in [1.82, 2.24) is 10.2 Å². The molecule has 0 spiro atoms. The summed E-state index contributed by atoms with van der Waals surface area (Å²) in [5.74, 6) is 1.46. The van der Waals surface area contributed by atoms with E-state index in [0.717, 1.165) is 30.9 Å². The van der Waals surface area contributed by atoms with Gasteiger partial charge in [-0.1, -0.05) is 24.3 Å². The van der Waals surface area contributed by atoms with Crippen molar-refractivity contribution in [2.75, 3.05) is 26.7 Å². The third-order valence-electron chi connectivity index (χ3n) is 6.13. The van der Waals surface area contributed by atoms with Gasteiger partial charge in [0.05, 0.1) is 7.11 Å². The lowest BCUT2D eigenvalue weighted by Crippen LogP contribution is -2.42. The zero-order chi connectivity index (χ0) is 20.1. The van der Waals surface area contributed by atoms with Crippen LogP contribution in [0.2, 0.25) is 0 Å². The van der Waals surface area contributed by atoms with Crippen molar-refractivity contribution in [3.63, 3.8) is 0 Å². The second-order valence-corrected chi connectivity index (χ2v) is 7.86. The molecule has 1 aliphatic rings. The number of rotatable bonds is 6. The largest absolute Gasteiger partial charge is 0.496 e. The molecular weight excluding hydrogens is 348 g/mol. The van der Waals surface area contributed by atoms with E-state index in [9.17, 15) is 4.79 Å². The van der Waals surface area contributed by atoms with Crippen molar-refractivity contribution in [2.24, 2.45) is 5.92 Å². The SMILES string of the molecule is COc1ccc(C(C)N2CCCC(CNC(=O)c3ccccc3)C2)c(C)c1C. The van der Waals surface area contributed by atoms with E-state index in [1.807, 2.05) is 30.3 Å². The van der Waals surface area contributed by atoms with Crippen molar-refractivity contribution in [1.29, 1.82) is 0 Å². The van der Waals surface area contributed by atoms with Crippen LogP contribution in [0.15, 0.2) is 42.5 Å². The smallest absolute Gasteiger partial charge is 0.251 e. The van der Waals surface area contributed by atoms with Crippen LogP contribution in [0.3, 0.4) is 0 Å². The Kier molecular flexibility index (Phi) is 6.74. The number of amides is 1. The molecular formula is C24H32N2O2. The predicted octanol–water partition coefficient (Wildman–Crippen LogP) is 4.52. The fraction of sp³-hybridized carbons (Fsp3) is 0.458. The minimum atomic E-state index is 0.0207. The van der Waals surface area contributed by atoms with Crippen LogP contribution in [-0.2, 0) is 0 Å². The van der Waals surface area contributed by atoms with Crippen molar-refractivity contribution in [2.45, 2.75) is 39.7 Å². The first-order valence-electron chi connectivity index (χ1n) is 10.2. The van der Waals surface area contributed by atoms with Gasteiger partial charge in [-0.2, -0.15) is 0 Å². The predicted molar refractivity (Wildman–Crippen MR) is 114 cm³/mol. The Balaban J connectivity index is 1.61. The minimum absolute atomic E-state index is 0.0207. The van der Waals surface area contributed by atoms with Gasteiger partial charge in [0.15, 0.2) is 0 Å². The summed E-state index contributed by atoms with van der Waals surface area (Å²) < 4.78 is 5.46. The average Bonchev–Trinajstić information content (AvgIpc) is 2.74. The Hall–Kier alpha value is -2.33. The Morgan fingerprint density at radius 3 is 2.64 bits per heavy atom. The zero-order valence-electron chi connectivity index (χ0n) is 17.5. The maximum absolute atomic E-state index is 12.3. The molecule has 28 heavy (non-hydrogen) atoms. The van der Waals surface area contributed by atoms with Crippen LogP contribution in [0.4, 0.5) is 0 Å². The van der Waals surface area contributed by atoms with Gasteiger partial charge < -0.3 is 10.1 Å². The van der Waals surface area contributed by atoms with Crippen molar-refractivity contribution < 1.29 is 9.53 Å². The van der Waals surface area contributed by atoms with E-state index in [1.165, 1.54) is 29.5 Å². The second-order valence-electron chi connectivity index (χ2n) is 7.86. The Labute approximate surface area is 168 Å². The molecule has 150 valence electrons. The number of piperidine rings is 1. The van der Waals surface area contributed by atoms with Gasteiger partial charge in [0.2, 0.25) is 0 Å². The minimum Gasteiger partial charge on any atom is -0.496 e. The summed E-state index contributed by atoms with van der Waals surface area (Å²) in [5.41, 5.74) is 4.63. The highest BCUT2D eigenvalue weighted by Gasteiger charge is 2.26. The highest BCUT2D eigenvalue weighted by molar-refractivity contribution is 5.94. The van der Waals surface area contributed by atoms with E-state index >= 15 is 0 Å². The number of nitrogens with one attached hydrogen (secondary N) is 1. The van der Waals surface area contributed by atoms with Gasteiger partial charge in [0.25, 0.3) is 5.91 Å². The highest BCUT2D eigenvalue weighted by Crippen LogP contribution is 2.32. The number of likely N-dealkylation sites (tertiary alicyclic amines) is 1. The van der Waals surface area contributed by atoms with Crippen molar-refractivity contribution in [3.8, 4) is 5.75 Å². The summed E-state index contributed by atoms with van der Waals surface area (Å²) in [7, 11) is 1.73. The molecule has 0 aliphatic carbocycles. The molecule has 3 rings (SSSR count). The lowest BCUT2D eigenvalue weighted by Gasteiger charge is -2.38. The molecule has 0 aromatic heterocycles. The zero-order valence-corrected chi connectivity index (χ0v) is 17.5. The molecule has 4 heteroatoms.